The number of hydrogen-bond acceptors (Lipinski definition) is 1. The summed E-state index contributed by atoms with van der Waals surface area (Å²) in [5.74, 6) is 0. The Kier molecular flexibility index (Phi) is 2.15. The van der Waals surface area contributed by atoms with Crippen LogP contribution in [0, 0.1) is 0 Å². The maximum atomic E-state index is 3.48. The highest BCUT2D eigenvalue weighted by molar-refractivity contribution is 9.10. The maximum Gasteiger partial charge on any atom is 0.0566 e. The molecule has 0 radical (unpaired) electrons. The highest BCUT2D eigenvalue weighted by Crippen LogP contribution is 2.28. The van der Waals surface area contributed by atoms with Crippen LogP contribution < -0.4 is 0 Å². The van der Waals surface area contributed by atoms with E-state index < -0.39 is 0 Å². The van der Waals surface area contributed by atoms with Gasteiger partial charge in [-0.25, -0.2) is 0 Å². The Hall–Kier alpha value is -1.06. The molecular formula is C12H8BrNS. The molecule has 0 amide bonds. The lowest BCUT2D eigenvalue weighted by molar-refractivity contribution is 1.48. The van der Waals surface area contributed by atoms with Crippen LogP contribution in [0.5, 0.6) is 0 Å². The zero-order chi connectivity index (χ0) is 10.3. The van der Waals surface area contributed by atoms with E-state index in [9.17, 15) is 0 Å². The van der Waals surface area contributed by atoms with Gasteiger partial charge in [0.05, 0.1) is 10.6 Å². The molecule has 1 aromatic carbocycles. The number of benzene rings is 1. The zero-order valence-corrected chi connectivity index (χ0v) is 10.2. The third kappa shape index (κ3) is 1.62. The second-order valence-electron chi connectivity index (χ2n) is 3.39. The van der Waals surface area contributed by atoms with Crippen molar-refractivity contribution in [2.24, 2.45) is 0 Å². The van der Waals surface area contributed by atoms with Crippen molar-refractivity contribution in [2.75, 3.05) is 0 Å². The number of rotatable bonds is 1. The van der Waals surface area contributed by atoms with Gasteiger partial charge < -0.3 is 4.98 Å². The zero-order valence-electron chi connectivity index (χ0n) is 7.83. The molecule has 1 N–H and O–H groups in total. The molecule has 3 heteroatoms. The second kappa shape index (κ2) is 3.51. The van der Waals surface area contributed by atoms with Crippen molar-refractivity contribution in [3.8, 4) is 10.6 Å². The minimum atomic E-state index is 1.12. The number of aromatic nitrogens is 1. The van der Waals surface area contributed by atoms with Crippen LogP contribution in [-0.2, 0) is 0 Å². The first-order valence-electron chi connectivity index (χ1n) is 4.65. The third-order valence-electron chi connectivity index (χ3n) is 2.37. The van der Waals surface area contributed by atoms with E-state index >= 15 is 0 Å². The van der Waals surface area contributed by atoms with Crippen molar-refractivity contribution in [3.63, 3.8) is 0 Å². The molecule has 0 aliphatic heterocycles. The summed E-state index contributed by atoms with van der Waals surface area (Å²) in [6, 6.07) is 12.7. The summed E-state index contributed by atoms with van der Waals surface area (Å²) in [5, 5.41) is 3.34. The van der Waals surface area contributed by atoms with Crippen molar-refractivity contribution in [3.05, 3.63) is 46.3 Å². The summed E-state index contributed by atoms with van der Waals surface area (Å²) in [6.07, 6.45) is 0. The van der Waals surface area contributed by atoms with Crippen LogP contribution in [0.3, 0.4) is 0 Å². The minimum Gasteiger partial charge on any atom is -0.354 e. The number of nitrogens with one attached hydrogen (secondary N) is 1. The first kappa shape index (κ1) is 9.19. The molecular weight excluding hydrogens is 270 g/mol. The third-order valence-corrected chi connectivity index (χ3v) is 3.77. The summed E-state index contributed by atoms with van der Waals surface area (Å²) in [4.78, 5) is 4.69. The quantitative estimate of drug-likeness (QED) is 0.666. The Balaban J connectivity index is 2.22. The predicted molar refractivity (Wildman–Crippen MR) is 69.3 cm³/mol. The molecule has 0 atom stereocenters. The summed E-state index contributed by atoms with van der Waals surface area (Å²) in [6.45, 7) is 0. The Labute approximate surface area is 99.9 Å². The number of H-pyrrole nitrogens is 1. The highest BCUT2D eigenvalue weighted by Gasteiger charge is 2.03. The molecule has 0 aliphatic carbocycles. The topological polar surface area (TPSA) is 15.8 Å². The molecule has 0 unspecified atom stereocenters. The standard InChI is InChI=1S/C12H8BrNS/c13-9-3-4-10-8(6-9)7-11(14-10)12-2-1-5-15-12/h1-7,14H. The number of aromatic amines is 1. The molecule has 3 aromatic rings. The van der Waals surface area contributed by atoms with Crippen LogP contribution in [-0.4, -0.2) is 4.98 Å². The maximum absolute atomic E-state index is 3.48. The van der Waals surface area contributed by atoms with E-state index in [1.807, 2.05) is 0 Å². The van der Waals surface area contributed by atoms with Gasteiger partial charge in [0, 0.05) is 15.4 Å². The van der Waals surface area contributed by atoms with Gasteiger partial charge in [-0.2, -0.15) is 0 Å². The van der Waals surface area contributed by atoms with E-state index in [0.717, 1.165) is 4.47 Å². The molecule has 74 valence electrons. The Bertz CT molecular complexity index is 595. The van der Waals surface area contributed by atoms with E-state index in [1.165, 1.54) is 21.5 Å². The van der Waals surface area contributed by atoms with E-state index in [-0.39, 0.29) is 0 Å². The van der Waals surface area contributed by atoms with Crippen LogP contribution in [0.15, 0.2) is 46.3 Å². The van der Waals surface area contributed by atoms with E-state index in [2.05, 4.69) is 62.7 Å². The molecule has 3 rings (SSSR count). The number of fused-ring (bicyclic) bond motifs is 1. The van der Waals surface area contributed by atoms with Crippen molar-refractivity contribution in [1.82, 2.24) is 4.98 Å². The molecule has 0 fully saturated rings. The van der Waals surface area contributed by atoms with Gasteiger partial charge in [-0.05, 0) is 35.7 Å². The van der Waals surface area contributed by atoms with Gasteiger partial charge in [-0.3, -0.25) is 0 Å². The summed E-state index contributed by atoms with van der Waals surface area (Å²) in [7, 11) is 0. The normalized spacial score (nSPS) is 11.0. The van der Waals surface area contributed by atoms with Crippen molar-refractivity contribution < 1.29 is 0 Å². The first-order valence-corrected chi connectivity index (χ1v) is 6.32. The van der Waals surface area contributed by atoms with Crippen LogP contribution >= 0.6 is 27.3 Å². The fraction of sp³-hybridized carbons (Fsp3) is 0. The van der Waals surface area contributed by atoms with E-state index in [1.54, 1.807) is 11.3 Å². The lowest BCUT2D eigenvalue weighted by Crippen LogP contribution is -1.69. The van der Waals surface area contributed by atoms with Crippen molar-refractivity contribution >= 4 is 38.2 Å². The molecule has 2 aromatic heterocycles. The van der Waals surface area contributed by atoms with Gasteiger partial charge >= 0.3 is 0 Å². The molecule has 0 spiro atoms. The van der Waals surface area contributed by atoms with Crippen LogP contribution in [0.1, 0.15) is 0 Å². The van der Waals surface area contributed by atoms with Gasteiger partial charge in [0.15, 0.2) is 0 Å². The molecule has 2 heterocycles. The van der Waals surface area contributed by atoms with Gasteiger partial charge in [0.1, 0.15) is 0 Å². The van der Waals surface area contributed by atoms with E-state index in [4.69, 9.17) is 0 Å². The average molecular weight is 278 g/mol. The summed E-state index contributed by atoms with van der Waals surface area (Å²) in [5.41, 5.74) is 2.37. The monoisotopic (exact) mass is 277 g/mol. The highest BCUT2D eigenvalue weighted by atomic mass is 79.9. The van der Waals surface area contributed by atoms with Crippen LogP contribution in [0.4, 0.5) is 0 Å². The van der Waals surface area contributed by atoms with Gasteiger partial charge in [-0.15, -0.1) is 11.3 Å². The van der Waals surface area contributed by atoms with Gasteiger partial charge in [-0.1, -0.05) is 22.0 Å². The lowest BCUT2D eigenvalue weighted by Gasteiger charge is -1.89. The smallest absolute Gasteiger partial charge is 0.0566 e. The molecule has 0 saturated heterocycles. The lowest BCUT2D eigenvalue weighted by atomic mass is 10.2. The molecule has 1 nitrogen and oxygen atoms in total. The fourth-order valence-corrected chi connectivity index (χ4v) is 2.74. The summed E-state index contributed by atoms with van der Waals surface area (Å²) < 4.78 is 1.12. The van der Waals surface area contributed by atoms with Crippen molar-refractivity contribution in [2.45, 2.75) is 0 Å². The number of hydrogen-bond donors (Lipinski definition) is 1. The molecule has 0 saturated carbocycles. The second-order valence-corrected chi connectivity index (χ2v) is 5.26. The Morgan fingerprint density at radius 2 is 2.07 bits per heavy atom. The number of halogens is 1. The van der Waals surface area contributed by atoms with Gasteiger partial charge in [0.2, 0.25) is 0 Å². The Morgan fingerprint density at radius 3 is 2.87 bits per heavy atom. The fourth-order valence-electron chi connectivity index (χ4n) is 1.67. The van der Waals surface area contributed by atoms with E-state index in [0.29, 0.717) is 0 Å². The SMILES string of the molecule is Brc1ccc2[nH]c(-c3cccs3)cc2c1. The van der Waals surface area contributed by atoms with Crippen molar-refractivity contribution in [1.29, 1.82) is 0 Å². The summed E-state index contributed by atoms with van der Waals surface area (Å²) >= 11 is 5.23. The number of thiophene rings is 1. The predicted octanol–water partition coefficient (Wildman–Crippen LogP) is 4.66. The minimum absolute atomic E-state index is 1.12. The molecule has 15 heavy (non-hydrogen) atoms. The van der Waals surface area contributed by atoms with Crippen LogP contribution in [0.2, 0.25) is 0 Å². The molecule has 0 aliphatic rings. The van der Waals surface area contributed by atoms with Crippen LogP contribution in [0.25, 0.3) is 21.5 Å². The first-order chi connectivity index (χ1) is 7.33. The average Bonchev–Trinajstić information content (AvgIpc) is 2.84. The molecule has 0 bridgehead atoms. The van der Waals surface area contributed by atoms with Gasteiger partial charge in [0.25, 0.3) is 0 Å². The Morgan fingerprint density at radius 1 is 1.13 bits per heavy atom. The largest absolute Gasteiger partial charge is 0.354 e.